The molecule has 236 valence electrons. The molecule has 2 saturated heterocycles. The standard InChI is InChI=1S/C31H40ClN7O4S/c1-20(2)43-25-19-21(30(40)39-17-13-22(14-18-39)38-15-7-4-8-16-38)11-12-23(25)35-31-36-28(33)27(32)29(37-31)34-24-9-5-6-10-26(24)44(3,41)42/h5-6,9-12,19-20,22H,4,7-8,13-18H2,1-3H3,(H4,33,34,35,36,37). The summed E-state index contributed by atoms with van der Waals surface area (Å²) in [6, 6.07) is 12.2. The van der Waals surface area contributed by atoms with Crippen molar-refractivity contribution in [3.05, 3.63) is 53.1 Å². The molecule has 2 aliphatic heterocycles. The van der Waals surface area contributed by atoms with Gasteiger partial charge < -0.3 is 30.9 Å². The number of piperidine rings is 2. The lowest BCUT2D eigenvalue weighted by atomic mass is 9.99. The molecule has 0 unspecified atom stereocenters. The van der Waals surface area contributed by atoms with E-state index in [9.17, 15) is 13.2 Å². The molecule has 0 atom stereocenters. The second kappa shape index (κ2) is 13.6. The highest BCUT2D eigenvalue weighted by molar-refractivity contribution is 7.90. The van der Waals surface area contributed by atoms with Gasteiger partial charge in [0, 0.05) is 31.0 Å². The summed E-state index contributed by atoms with van der Waals surface area (Å²) in [6.45, 7) is 7.60. The second-order valence-electron chi connectivity index (χ2n) is 11.6. The van der Waals surface area contributed by atoms with Crippen LogP contribution in [0, 0.1) is 0 Å². The van der Waals surface area contributed by atoms with Gasteiger partial charge in [0.2, 0.25) is 5.95 Å². The summed E-state index contributed by atoms with van der Waals surface area (Å²) in [5.74, 6) is 0.672. The molecule has 4 N–H and O–H groups in total. The molecule has 2 aromatic carbocycles. The summed E-state index contributed by atoms with van der Waals surface area (Å²) in [7, 11) is -3.53. The number of hydrogen-bond acceptors (Lipinski definition) is 10. The molecule has 2 fully saturated rings. The number of carbonyl (C=O) groups excluding carboxylic acids is 1. The molecule has 0 aliphatic carbocycles. The first-order chi connectivity index (χ1) is 21.0. The van der Waals surface area contributed by atoms with Gasteiger partial charge >= 0.3 is 0 Å². The lowest BCUT2D eigenvalue weighted by Crippen LogP contribution is -2.48. The maximum Gasteiger partial charge on any atom is 0.253 e. The summed E-state index contributed by atoms with van der Waals surface area (Å²) in [6.07, 6.45) is 6.78. The number of carbonyl (C=O) groups is 1. The minimum atomic E-state index is -3.53. The van der Waals surface area contributed by atoms with Crippen molar-refractivity contribution in [2.45, 2.75) is 63.0 Å². The van der Waals surface area contributed by atoms with E-state index < -0.39 is 9.84 Å². The highest BCUT2D eigenvalue weighted by Crippen LogP contribution is 2.34. The van der Waals surface area contributed by atoms with Crippen molar-refractivity contribution >= 4 is 56.3 Å². The van der Waals surface area contributed by atoms with E-state index in [0.717, 1.165) is 45.3 Å². The molecule has 3 aromatic rings. The molecular formula is C31H40ClN7O4S. The lowest BCUT2D eigenvalue weighted by molar-refractivity contribution is 0.0589. The van der Waals surface area contributed by atoms with E-state index in [-0.39, 0.29) is 39.5 Å². The number of anilines is 5. The van der Waals surface area contributed by atoms with Crippen molar-refractivity contribution in [3.8, 4) is 5.75 Å². The predicted octanol–water partition coefficient (Wildman–Crippen LogP) is 5.48. The van der Waals surface area contributed by atoms with Gasteiger partial charge in [0.25, 0.3) is 5.91 Å². The fourth-order valence-corrected chi connectivity index (χ4v) is 6.73. The van der Waals surface area contributed by atoms with Gasteiger partial charge in [-0.15, -0.1) is 0 Å². The minimum Gasteiger partial charge on any atom is -0.489 e. The highest BCUT2D eigenvalue weighted by Gasteiger charge is 2.28. The summed E-state index contributed by atoms with van der Waals surface area (Å²) < 4.78 is 30.7. The Hall–Kier alpha value is -3.61. The number of halogens is 1. The quantitative estimate of drug-likeness (QED) is 0.275. The predicted molar refractivity (Wildman–Crippen MR) is 174 cm³/mol. The van der Waals surface area contributed by atoms with Crippen molar-refractivity contribution in [3.63, 3.8) is 0 Å². The van der Waals surface area contributed by atoms with Gasteiger partial charge in [0.1, 0.15) is 16.6 Å². The number of hydrogen-bond donors (Lipinski definition) is 3. The number of nitrogens with two attached hydrogens (primary N) is 1. The smallest absolute Gasteiger partial charge is 0.253 e. The number of ether oxygens (including phenoxy) is 1. The number of nitrogen functional groups attached to an aromatic ring is 1. The van der Waals surface area contributed by atoms with E-state index in [1.807, 2.05) is 18.7 Å². The van der Waals surface area contributed by atoms with Crippen LogP contribution in [0.1, 0.15) is 56.3 Å². The van der Waals surface area contributed by atoms with Gasteiger partial charge in [-0.05, 0) is 83.0 Å². The third-order valence-corrected chi connectivity index (χ3v) is 9.44. The molecule has 1 aromatic heterocycles. The maximum atomic E-state index is 13.5. The molecule has 0 bridgehead atoms. The number of rotatable bonds is 9. The molecular weight excluding hydrogens is 602 g/mol. The zero-order chi connectivity index (χ0) is 31.4. The SMILES string of the molecule is CC(C)Oc1cc(C(=O)N2CCC(N3CCCCC3)CC2)ccc1Nc1nc(N)c(Cl)c(Nc2ccccc2S(C)(=O)=O)n1. The molecule has 0 spiro atoms. The molecule has 3 heterocycles. The van der Waals surface area contributed by atoms with Crippen LogP contribution in [0.5, 0.6) is 5.75 Å². The number of sulfone groups is 1. The number of para-hydroxylation sites is 1. The molecule has 13 heteroatoms. The number of nitrogens with zero attached hydrogens (tertiary/aromatic N) is 4. The Morgan fingerprint density at radius 1 is 1.00 bits per heavy atom. The van der Waals surface area contributed by atoms with E-state index >= 15 is 0 Å². The maximum absolute atomic E-state index is 13.5. The summed E-state index contributed by atoms with van der Waals surface area (Å²) in [4.78, 5) is 26.9. The van der Waals surface area contributed by atoms with Crippen LogP contribution in [0.2, 0.25) is 5.02 Å². The Morgan fingerprint density at radius 3 is 2.39 bits per heavy atom. The van der Waals surface area contributed by atoms with Crippen molar-refractivity contribution in [2.75, 3.05) is 48.8 Å². The van der Waals surface area contributed by atoms with Gasteiger partial charge in [0.15, 0.2) is 15.7 Å². The topological polar surface area (TPSA) is 143 Å². The van der Waals surface area contributed by atoms with Crippen LogP contribution >= 0.6 is 11.6 Å². The van der Waals surface area contributed by atoms with E-state index in [1.54, 1.807) is 36.4 Å². The van der Waals surface area contributed by atoms with Crippen LogP contribution in [-0.4, -0.2) is 78.7 Å². The summed E-state index contributed by atoms with van der Waals surface area (Å²) in [5.41, 5.74) is 7.48. The Labute approximate surface area is 264 Å². The first-order valence-corrected chi connectivity index (χ1v) is 17.3. The fraction of sp³-hybridized carbons (Fsp3) is 0.452. The van der Waals surface area contributed by atoms with Gasteiger partial charge in [-0.2, -0.15) is 9.97 Å². The third-order valence-electron chi connectivity index (χ3n) is 7.91. The van der Waals surface area contributed by atoms with Crippen LogP contribution in [-0.2, 0) is 9.84 Å². The lowest BCUT2D eigenvalue weighted by Gasteiger charge is -2.40. The third kappa shape index (κ3) is 7.54. The highest BCUT2D eigenvalue weighted by atomic mass is 35.5. The van der Waals surface area contributed by atoms with Crippen LogP contribution < -0.4 is 21.1 Å². The first-order valence-electron chi connectivity index (χ1n) is 15.0. The van der Waals surface area contributed by atoms with Crippen molar-refractivity contribution in [1.82, 2.24) is 19.8 Å². The molecule has 1 amide bonds. The number of aromatic nitrogens is 2. The summed E-state index contributed by atoms with van der Waals surface area (Å²) in [5, 5.41) is 6.15. The number of nitrogens with one attached hydrogen (secondary N) is 2. The number of amides is 1. The van der Waals surface area contributed by atoms with Crippen LogP contribution in [0.15, 0.2) is 47.4 Å². The average molecular weight is 642 g/mol. The van der Waals surface area contributed by atoms with Crippen LogP contribution in [0.4, 0.5) is 29.0 Å². The Morgan fingerprint density at radius 2 is 1.70 bits per heavy atom. The Bertz CT molecular complexity index is 1600. The van der Waals surface area contributed by atoms with Gasteiger partial charge in [-0.25, -0.2) is 8.42 Å². The van der Waals surface area contributed by atoms with Gasteiger partial charge in [-0.3, -0.25) is 4.79 Å². The monoisotopic (exact) mass is 641 g/mol. The zero-order valence-electron chi connectivity index (χ0n) is 25.3. The average Bonchev–Trinajstić information content (AvgIpc) is 3.00. The van der Waals surface area contributed by atoms with Crippen molar-refractivity contribution in [2.24, 2.45) is 0 Å². The van der Waals surface area contributed by atoms with Crippen molar-refractivity contribution in [1.29, 1.82) is 0 Å². The van der Waals surface area contributed by atoms with Crippen LogP contribution in [0.3, 0.4) is 0 Å². The number of benzene rings is 2. The Kier molecular flexibility index (Phi) is 9.81. The molecule has 0 radical (unpaired) electrons. The fourth-order valence-electron chi connectivity index (χ4n) is 5.75. The normalized spacial score (nSPS) is 16.6. The zero-order valence-corrected chi connectivity index (χ0v) is 26.9. The molecule has 0 saturated carbocycles. The van der Waals surface area contributed by atoms with Gasteiger partial charge in [0.05, 0.1) is 22.4 Å². The van der Waals surface area contributed by atoms with E-state index in [4.69, 9.17) is 22.1 Å². The van der Waals surface area contributed by atoms with Crippen molar-refractivity contribution < 1.29 is 17.9 Å². The summed E-state index contributed by atoms with van der Waals surface area (Å²) >= 11 is 6.41. The molecule has 2 aliphatic rings. The van der Waals surface area contributed by atoms with E-state index in [1.165, 1.54) is 25.3 Å². The first kappa shape index (κ1) is 31.8. The molecule has 11 nitrogen and oxygen atoms in total. The second-order valence-corrected chi connectivity index (χ2v) is 14.0. The van der Waals surface area contributed by atoms with Crippen LogP contribution in [0.25, 0.3) is 0 Å². The van der Waals surface area contributed by atoms with E-state index in [2.05, 4.69) is 25.5 Å². The molecule has 44 heavy (non-hydrogen) atoms. The largest absolute Gasteiger partial charge is 0.489 e. The minimum absolute atomic E-state index is 0.00501. The number of likely N-dealkylation sites (tertiary alicyclic amines) is 2. The molecule has 5 rings (SSSR count). The van der Waals surface area contributed by atoms with E-state index in [0.29, 0.717) is 28.7 Å². The Balaban J connectivity index is 1.35. The van der Waals surface area contributed by atoms with Gasteiger partial charge in [-0.1, -0.05) is 30.2 Å².